The van der Waals surface area contributed by atoms with Crippen LogP contribution in [0.25, 0.3) is 0 Å². The Balaban J connectivity index is 1.64. The SMILES string of the molecule is O=C(N/N=C1\CC2CCC1C2)c1ccc([N+](=O)[O-])cc1. The molecule has 1 aromatic rings. The van der Waals surface area contributed by atoms with E-state index >= 15 is 0 Å². The van der Waals surface area contributed by atoms with E-state index < -0.39 is 4.92 Å². The van der Waals surface area contributed by atoms with Crippen molar-refractivity contribution in [2.24, 2.45) is 16.9 Å². The van der Waals surface area contributed by atoms with Crippen molar-refractivity contribution < 1.29 is 9.72 Å². The van der Waals surface area contributed by atoms with Crippen LogP contribution in [0, 0.1) is 22.0 Å². The lowest BCUT2D eigenvalue weighted by atomic mass is 9.99. The Labute approximate surface area is 116 Å². The molecule has 6 heteroatoms. The first-order chi connectivity index (χ1) is 9.63. The first kappa shape index (κ1) is 12.8. The summed E-state index contributed by atoms with van der Waals surface area (Å²) >= 11 is 0. The summed E-state index contributed by atoms with van der Waals surface area (Å²) in [6.45, 7) is 0. The van der Waals surface area contributed by atoms with Gasteiger partial charge in [0.25, 0.3) is 11.6 Å². The lowest BCUT2D eigenvalue weighted by molar-refractivity contribution is -0.384. The number of hydrogen-bond acceptors (Lipinski definition) is 4. The second kappa shape index (κ2) is 5.03. The number of nitro benzene ring substituents is 1. The molecule has 20 heavy (non-hydrogen) atoms. The van der Waals surface area contributed by atoms with Crippen LogP contribution in [0.2, 0.25) is 0 Å². The molecule has 2 fully saturated rings. The van der Waals surface area contributed by atoms with Gasteiger partial charge in [-0.2, -0.15) is 5.10 Å². The summed E-state index contributed by atoms with van der Waals surface area (Å²) in [5.74, 6) is 0.961. The van der Waals surface area contributed by atoms with Crippen molar-refractivity contribution in [3.05, 3.63) is 39.9 Å². The van der Waals surface area contributed by atoms with Crippen LogP contribution in [0.3, 0.4) is 0 Å². The normalized spacial score (nSPS) is 25.9. The number of nitrogens with one attached hydrogen (secondary N) is 1. The van der Waals surface area contributed by atoms with Gasteiger partial charge < -0.3 is 0 Å². The van der Waals surface area contributed by atoms with E-state index in [9.17, 15) is 14.9 Å². The summed E-state index contributed by atoms with van der Waals surface area (Å²) in [5.41, 5.74) is 4.00. The third-order valence-electron chi connectivity index (χ3n) is 4.15. The quantitative estimate of drug-likeness (QED) is 0.678. The van der Waals surface area contributed by atoms with Gasteiger partial charge in [-0.3, -0.25) is 14.9 Å². The maximum Gasteiger partial charge on any atom is 0.271 e. The summed E-state index contributed by atoms with van der Waals surface area (Å²) in [5, 5.41) is 14.8. The Morgan fingerprint density at radius 1 is 1.30 bits per heavy atom. The molecule has 1 amide bonds. The number of nitro groups is 1. The number of fused-ring (bicyclic) bond motifs is 2. The minimum atomic E-state index is -0.489. The van der Waals surface area contributed by atoms with Crippen LogP contribution >= 0.6 is 0 Å². The molecule has 104 valence electrons. The number of carbonyl (C=O) groups excluding carboxylic acids is 1. The minimum Gasteiger partial charge on any atom is -0.267 e. The number of rotatable bonds is 3. The molecular weight excluding hydrogens is 258 g/mol. The molecule has 0 heterocycles. The zero-order valence-corrected chi connectivity index (χ0v) is 10.9. The number of hydrogen-bond donors (Lipinski definition) is 1. The van der Waals surface area contributed by atoms with Gasteiger partial charge in [0.15, 0.2) is 0 Å². The van der Waals surface area contributed by atoms with Gasteiger partial charge in [0.2, 0.25) is 0 Å². The van der Waals surface area contributed by atoms with Gasteiger partial charge in [-0.05, 0) is 49.7 Å². The van der Waals surface area contributed by atoms with Crippen molar-refractivity contribution in [3.8, 4) is 0 Å². The molecule has 2 aliphatic carbocycles. The molecule has 6 nitrogen and oxygen atoms in total. The van der Waals surface area contributed by atoms with Crippen molar-refractivity contribution in [2.75, 3.05) is 0 Å². The van der Waals surface area contributed by atoms with Crippen molar-refractivity contribution in [1.29, 1.82) is 0 Å². The monoisotopic (exact) mass is 273 g/mol. The Bertz CT molecular complexity index is 580. The fourth-order valence-corrected chi connectivity index (χ4v) is 3.08. The van der Waals surface area contributed by atoms with Crippen LogP contribution in [0.15, 0.2) is 29.4 Å². The van der Waals surface area contributed by atoms with Crippen LogP contribution in [0.1, 0.15) is 36.0 Å². The molecule has 2 unspecified atom stereocenters. The van der Waals surface area contributed by atoms with Gasteiger partial charge in [-0.25, -0.2) is 5.43 Å². The van der Waals surface area contributed by atoms with Crippen LogP contribution in [0.4, 0.5) is 5.69 Å². The Morgan fingerprint density at radius 2 is 2.05 bits per heavy atom. The predicted octanol–water partition coefficient (Wildman–Crippen LogP) is 2.50. The number of non-ortho nitro benzene ring substituents is 1. The van der Waals surface area contributed by atoms with E-state index in [-0.39, 0.29) is 11.6 Å². The van der Waals surface area contributed by atoms with Crippen LogP contribution in [-0.2, 0) is 0 Å². The number of nitrogens with zero attached hydrogens (tertiary/aromatic N) is 2. The van der Waals surface area contributed by atoms with Gasteiger partial charge in [0.1, 0.15) is 0 Å². The average Bonchev–Trinajstić information content (AvgIpc) is 3.07. The predicted molar refractivity (Wildman–Crippen MR) is 73.4 cm³/mol. The number of hydrazone groups is 1. The summed E-state index contributed by atoms with van der Waals surface area (Å²) in [7, 11) is 0. The second-order valence-electron chi connectivity index (χ2n) is 5.43. The molecule has 1 N–H and O–H groups in total. The standard InChI is InChI=1S/C14H15N3O3/c18-14(10-3-5-12(6-4-10)17(19)20)16-15-13-8-9-1-2-11(13)7-9/h3-6,9,11H,1-2,7-8H2,(H,16,18)/b15-13+. The second-order valence-corrected chi connectivity index (χ2v) is 5.43. The smallest absolute Gasteiger partial charge is 0.267 e. The van der Waals surface area contributed by atoms with E-state index in [1.165, 1.54) is 43.5 Å². The van der Waals surface area contributed by atoms with E-state index in [1.807, 2.05) is 0 Å². The zero-order chi connectivity index (χ0) is 14.1. The van der Waals surface area contributed by atoms with Crippen molar-refractivity contribution in [3.63, 3.8) is 0 Å². The maximum atomic E-state index is 11.9. The van der Waals surface area contributed by atoms with E-state index in [0.717, 1.165) is 18.1 Å². The fourth-order valence-electron chi connectivity index (χ4n) is 3.08. The molecule has 1 aromatic carbocycles. The lowest BCUT2D eigenvalue weighted by Crippen LogP contribution is -2.21. The van der Waals surface area contributed by atoms with E-state index in [2.05, 4.69) is 10.5 Å². The first-order valence-corrected chi connectivity index (χ1v) is 6.74. The highest BCUT2D eigenvalue weighted by atomic mass is 16.6. The van der Waals surface area contributed by atoms with Crippen LogP contribution < -0.4 is 5.43 Å². The highest BCUT2D eigenvalue weighted by molar-refractivity contribution is 5.96. The summed E-state index contributed by atoms with van der Waals surface area (Å²) in [6, 6.07) is 5.52. The zero-order valence-electron chi connectivity index (χ0n) is 10.9. The van der Waals surface area contributed by atoms with E-state index in [4.69, 9.17) is 0 Å². The Morgan fingerprint density at radius 3 is 2.60 bits per heavy atom. The maximum absolute atomic E-state index is 11.9. The van der Waals surface area contributed by atoms with Crippen LogP contribution in [-0.4, -0.2) is 16.5 Å². The number of carbonyl (C=O) groups is 1. The molecule has 0 saturated heterocycles. The molecule has 0 radical (unpaired) electrons. The van der Waals surface area contributed by atoms with Crippen molar-refractivity contribution in [1.82, 2.24) is 5.43 Å². The Kier molecular flexibility index (Phi) is 3.22. The average molecular weight is 273 g/mol. The molecule has 2 saturated carbocycles. The highest BCUT2D eigenvalue weighted by Gasteiger charge is 2.36. The minimum absolute atomic E-state index is 0.0269. The molecule has 3 rings (SSSR count). The molecule has 0 aromatic heterocycles. The fraction of sp³-hybridized carbons (Fsp3) is 0.429. The summed E-state index contributed by atoms with van der Waals surface area (Å²) < 4.78 is 0. The molecule has 0 aliphatic heterocycles. The van der Waals surface area contributed by atoms with Gasteiger partial charge in [-0.15, -0.1) is 0 Å². The summed E-state index contributed by atoms with van der Waals surface area (Å²) in [4.78, 5) is 21.9. The number of amides is 1. The van der Waals surface area contributed by atoms with Gasteiger partial charge >= 0.3 is 0 Å². The first-order valence-electron chi connectivity index (χ1n) is 6.74. The van der Waals surface area contributed by atoms with Gasteiger partial charge in [0.05, 0.1) is 4.92 Å². The largest absolute Gasteiger partial charge is 0.271 e. The molecule has 0 spiro atoms. The van der Waals surface area contributed by atoms with Crippen molar-refractivity contribution in [2.45, 2.75) is 25.7 Å². The van der Waals surface area contributed by atoms with Crippen molar-refractivity contribution >= 4 is 17.3 Å². The van der Waals surface area contributed by atoms with Gasteiger partial charge in [0, 0.05) is 23.4 Å². The Hall–Kier alpha value is -2.24. The molecular formula is C14H15N3O3. The van der Waals surface area contributed by atoms with Gasteiger partial charge in [-0.1, -0.05) is 0 Å². The van der Waals surface area contributed by atoms with E-state index in [1.54, 1.807) is 0 Å². The van der Waals surface area contributed by atoms with Crippen LogP contribution in [0.5, 0.6) is 0 Å². The summed E-state index contributed by atoms with van der Waals surface area (Å²) in [6.07, 6.45) is 4.65. The third kappa shape index (κ3) is 2.41. The highest BCUT2D eigenvalue weighted by Crippen LogP contribution is 2.42. The molecule has 2 aliphatic rings. The molecule has 2 atom stereocenters. The topological polar surface area (TPSA) is 84.6 Å². The lowest BCUT2D eigenvalue weighted by Gasteiger charge is -2.11. The van der Waals surface area contributed by atoms with E-state index in [0.29, 0.717) is 11.5 Å². The third-order valence-corrected chi connectivity index (χ3v) is 4.15. The number of benzene rings is 1. The molecule has 2 bridgehead atoms.